The van der Waals surface area contributed by atoms with Crippen molar-refractivity contribution in [2.24, 2.45) is 0 Å². The lowest BCUT2D eigenvalue weighted by molar-refractivity contribution is 0.144. The Morgan fingerprint density at radius 3 is 2.67 bits per heavy atom. The van der Waals surface area contributed by atoms with Crippen molar-refractivity contribution in [1.29, 1.82) is 0 Å². The number of benzene rings is 2. The predicted molar refractivity (Wildman–Crippen MR) is 102 cm³/mol. The van der Waals surface area contributed by atoms with Gasteiger partial charge in [-0.25, -0.2) is 13.2 Å². The minimum atomic E-state index is -3.97. The van der Waals surface area contributed by atoms with Crippen LogP contribution in [0, 0.1) is 0 Å². The van der Waals surface area contributed by atoms with E-state index in [1.807, 2.05) is 0 Å². The average molecular weight is 410 g/mol. The summed E-state index contributed by atoms with van der Waals surface area (Å²) in [5.41, 5.74) is 0.184. The summed E-state index contributed by atoms with van der Waals surface area (Å²) in [7, 11) is -2.45. The highest BCUT2D eigenvalue weighted by Crippen LogP contribution is 2.29. The first-order valence-corrected chi connectivity index (χ1v) is 9.73. The lowest BCUT2D eigenvalue weighted by Gasteiger charge is -2.14. The summed E-state index contributed by atoms with van der Waals surface area (Å²) in [6.45, 7) is 0.501. The fourth-order valence-corrected chi connectivity index (χ4v) is 3.85. The SMILES string of the molecule is COCCOc1ccc(Cl)cc1S(=O)(=O)Nc1ccc2oc(=O)ccc2c1. The van der Waals surface area contributed by atoms with Gasteiger partial charge < -0.3 is 13.9 Å². The number of halogens is 1. The van der Waals surface area contributed by atoms with Crippen molar-refractivity contribution in [3.63, 3.8) is 0 Å². The summed E-state index contributed by atoms with van der Waals surface area (Å²) in [5, 5.41) is 0.840. The predicted octanol–water partition coefficient (Wildman–Crippen LogP) is 3.27. The molecule has 0 fully saturated rings. The molecule has 2 aromatic carbocycles. The first kappa shape index (κ1) is 19.2. The van der Waals surface area contributed by atoms with Crippen LogP contribution in [-0.4, -0.2) is 28.7 Å². The third kappa shape index (κ3) is 4.60. The molecule has 0 aliphatic rings. The van der Waals surface area contributed by atoms with Crippen molar-refractivity contribution in [2.75, 3.05) is 25.0 Å². The lowest BCUT2D eigenvalue weighted by atomic mass is 10.2. The molecular formula is C18H16ClNO6S. The molecule has 0 saturated carbocycles. The molecular weight excluding hydrogens is 394 g/mol. The van der Waals surface area contributed by atoms with Gasteiger partial charge in [0.15, 0.2) is 0 Å². The van der Waals surface area contributed by atoms with Crippen LogP contribution in [0.25, 0.3) is 11.0 Å². The molecule has 142 valence electrons. The highest BCUT2D eigenvalue weighted by molar-refractivity contribution is 7.92. The van der Waals surface area contributed by atoms with E-state index in [9.17, 15) is 13.2 Å². The van der Waals surface area contributed by atoms with E-state index in [1.54, 1.807) is 18.2 Å². The molecule has 0 saturated heterocycles. The van der Waals surface area contributed by atoms with Gasteiger partial charge in [0.25, 0.3) is 10.0 Å². The van der Waals surface area contributed by atoms with Gasteiger partial charge in [-0.15, -0.1) is 0 Å². The summed E-state index contributed by atoms with van der Waals surface area (Å²) in [6, 6.07) is 11.7. The van der Waals surface area contributed by atoms with Crippen molar-refractivity contribution < 1.29 is 22.3 Å². The first-order valence-electron chi connectivity index (χ1n) is 7.87. The molecule has 0 aliphatic heterocycles. The molecule has 0 spiro atoms. The molecule has 0 amide bonds. The van der Waals surface area contributed by atoms with Crippen LogP contribution in [-0.2, 0) is 14.8 Å². The van der Waals surface area contributed by atoms with Crippen molar-refractivity contribution in [3.8, 4) is 5.75 Å². The van der Waals surface area contributed by atoms with E-state index in [0.717, 1.165) is 0 Å². The fourth-order valence-electron chi connectivity index (χ4n) is 2.39. The van der Waals surface area contributed by atoms with Gasteiger partial charge in [0, 0.05) is 29.3 Å². The molecule has 0 aliphatic carbocycles. The maximum atomic E-state index is 12.8. The first-order chi connectivity index (χ1) is 12.9. The van der Waals surface area contributed by atoms with Crippen LogP contribution in [0.3, 0.4) is 0 Å². The maximum Gasteiger partial charge on any atom is 0.336 e. The summed E-state index contributed by atoms with van der Waals surface area (Å²) in [4.78, 5) is 11.2. The number of hydrogen-bond acceptors (Lipinski definition) is 6. The Morgan fingerprint density at radius 1 is 1.07 bits per heavy atom. The van der Waals surface area contributed by atoms with E-state index in [-0.39, 0.29) is 22.3 Å². The minimum Gasteiger partial charge on any atom is -0.490 e. The van der Waals surface area contributed by atoms with Crippen LogP contribution in [0.5, 0.6) is 5.75 Å². The van der Waals surface area contributed by atoms with Gasteiger partial charge in [-0.1, -0.05) is 11.6 Å². The molecule has 3 rings (SSSR count). The number of nitrogens with one attached hydrogen (secondary N) is 1. The van der Waals surface area contributed by atoms with E-state index in [1.165, 1.54) is 37.4 Å². The van der Waals surface area contributed by atoms with Gasteiger partial charge in [-0.2, -0.15) is 0 Å². The molecule has 0 atom stereocenters. The minimum absolute atomic E-state index is 0.0919. The topological polar surface area (TPSA) is 94.8 Å². The molecule has 9 heteroatoms. The normalized spacial score (nSPS) is 11.5. The number of anilines is 1. The summed E-state index contributed by atoms with van der Waals surface area (Å²) >= 11 is 5.97. The molecule has 1 aromatic heterocycles. The summed E-state index contributed by atoms with van der Waals surface area (Å²) in [5.74, 6) is 0.163. The zero-order valence-corrected chi connectivity index (χ0v) is 15.8. The highest BCUT2D eigenvalue weighted by atomic mass is 35.5. The molecule has 0 bridgehead atoms. The number of fused-ring (bicyclic) bond motifs is 1. The number of hydrogen-bond donors (Lipinski definition) is 1. The van der Waals surface area contributed by atoms with E-state index in [2.05, 4.69) is 4.72 Å². The van der Waals surface area contributed by atoms with Crippen LogP contribution < -0.4 is 15.1 Å². The molecule has 7 nitrogen and oxygen atoms in total. The van der Waals surface area contributed by atoms with Gasteiger partial charge in [0.1, 0.15) is 22.8 Å². The molecule has 0 radical (unpaired) electrons. The quantitative estimate of drug-likeness (QED) is 0.475. The second kappa shape index (κ2) is 7.99. The Labute approximate surface area is 160 Å². The molecule has 1 N–H and O–H groups in total. The van der Waals surface area contributed by atoms with Gasteiger partial charge in [-0.3, -0.25) is 4.72 Å². The van der Waals surface area contributed by atoms with Crippen LogP contribution >= 0.6 is 11.6 Å². The number of sulfonamides is 1. The van der Waals surface area contributed by atoms with Crippen LogP contribution in [0.1, 0.15) is 0 Å². The van der Waals surface area contributed by atoms with Gasteiger partial charge >= 0.3 is 5.63 Å². The van der Waals surface area contributed by atoms with Crippen molar-refractivity contribution in [2.45, 2.75) is 4.90 Å². The molecule has 0 unspecified atom stereocenters. The maximum absolute atomic E-state index is 12.8. The zero-order valence-electron chi connectivity index (χ0n) is 14.3. The Hall–Kier alpha value is -2.55. The lowest BCUT2D eigenvalue weighted by Crippen LogP contribution is -2.15. The number of ether oxygens (including phenoxy) is 2. The van der Waals surface area contributed by atoms with Crippen LogP contribution in [0.4, 0.5) is 5.69 Å². The van der Waals surface area contributed by atoms with Crippen LogP contribution in [0.2, 0.25) is 5.02 Å². The zero-order chi connectivity index (χ0) is 19.4. The molecule has 3 aromatic rings. The Morgan fingerprint density at radius 2 is 1.89 bits per heavy atom. The number of rotatable bonds is 7. The standard InChI is InChI=1S/C18H16ClNO6S/c1-24-8-9-25-16-5-3-13(19)11-17(16)27(22,23)20-14-4-6-15-12(10-14)2-7-18(21)26-15/h2-7,10-11,20H,8-9H2,1H3. The van der Waals surface area contributed by atoms with E-state index < -0.39 is 15.6 Å². The van der Waals surface area contributed by atoms with Gasteiger partial charge in [0.05, 0.1) is 6.61 Å². The Kier molecular flexibility index (Phi) is 5.69. The van der Waals surface area contributed by atoms with E-state index >= 15 is 0 Å². The van der Waals surface area contributed by atoms with Gasteiger partial charge in [-0.05, 0) is 42.5 Å². The molecule has 27 heavy (non-hydrogen) atoms. The Balaban J connectivity index is 1.93. The fraction of sp³-hybridized carbons (Fsp3) is 0.167. The Bertz CT molecular complexity index is 1130. The van der Waals surface area contributed by atoms with Crippen molar-refractivity contribution in [1.82, 2.24) is 0 Å². The van der Waals surface area contributed by atoms with Gasteiger partial charge in [0.2, 0.25) is 0 Å². The second-order valence-electron chi connectivity index (χ2n) is 5.54. The second-order valence-corrected chi connectivity index (χ2v) is 7.63. The number of methoxy groups -OCH3 is 1. The third-order valence-electron chi connectivity index (χ3n) is 3.61. The van der Waals surface area contributed by atoms with Crippen molar-refractivity contribution in [3.05, 3.63) is 64.0 Å². The summed E-state index contributed by atoms with van der Waals surface area (Å²) < 4.78 is 43.6. The van der Waals surface area contributed by atoms with Crippen LogP contribution in [0.15, 0.2) is 62.6 Å². The van der Waals surface area contributed by atoms with Crippen molar-refractivity contribution >= 4 is 38.3 Å². The van der Waals surface area contributed by atoms with E-state index in [4.69, 9.17) is 25.5 Å². The molecule has 1 heterocycles. The third-order valence-corrected chi connectivity index (χ3v) is 5.25. The highest BCUT2D eigenvalue weighted by Gasteiger charge is 2.21. The average Bonchev–Trinajstić information content (AvgIpc) is 2.63. The largest absolute Gasteiger partial charge is 0.490 e. The smallest absolute Gasteiger partial charge is 0.336 e. The summed E-state index contributed by atoms with van der Waals surface area (Å²) in [6.07, 6.45) is 0. The van der Waals surface area contributed by atoms with E-state index in [0.29, 0.717) is 23.3 Å². The monoisotopic (exact) mass is 409 g/mol.